The van der Waals surface area contributed by atoms with Crippen LogP contribution in [0.25, 0.3) is 6.08 Å². The van der Waals surface area contributed by atoms with Gasteiger partial charge in [0, 0.05) is 5.92 Å². The van der Waals surface area contributed by atoms with E-state index in [-0.39, 0.29) is 6.04 Å². The van der Waals surface area contributed by atoms with Crippen LogP contribution in [0, 0.1) is 5.92 Å². The topological polar surface area (TPSA) is 42.8 Å². The number of benzene rings is 2. The molecule has 4 rings (SSSR count). The van der Waals surface area contributed by atoms with Crippen LogP contribution in [0.1, 0.15) is 50.3 Å². The van der Waals surface area contributed by atoms with Gasteiger partial charge in [-0.15, -0.1) is 0 Å². The fraction of sp³-hybridized carbons (Fsp3) is 0.360. The molecule has 1 fully saturated rings. The van der Waals surface area contributed by atoms with Gasteiger partial charge in [-0.3, -0.25) is 0 Å². The average molecular weight is 421 g/mol. The Bertz CT molecular complexity index is 948. The smallest absolute Gasteiger partial charge is 0.193 e. The summed E-state index contributed by atoms with van der Waals surface area (Å²) in [5.41, 5.74) is 4.81. The summed E-state index contributed by atoms with van der Waals surface area (Å²) in [5, 5.41) is 4.02. The number of fused-ring (bicyclic) bond motifs is 1. The first-order valence-electron chi connectivity index (χ1n) is 10.7. The van der Waals surface area contributed by atoms with Crippen LogP contribution in [0.15, 0.2) is 59.1 Å². The molecule has 4 nitrogen and oxygen atoms in total. The van der Waals surface area contributed by atoms with Crippen LogP contribution in [0.5, 0.6) is 11.5 Å². The highest BCUT2D eigenvalue weighted by atomic mass is 32.1. The minimum absolute atomic E-state index is 0.143. The molecular weight excluding hydrogens is 392 g/mol. The average Bonchev–Trinajstić information content (AvgIpc) is 2.76. The van der Waals surface area contributed by atoms with Gasteiger partial charge in [-0.25, -0.2) is 4.99 Å². The van der Waals surface area contributed by atoms with E-state index < -0.39 is 0 Å². The van der Waals surface area contributed by atoms with Crippen LogP contribution in [-0.2, 0) is 0 Å². The maximum absolute atomic E-state index is 5.60. The summed E-state index contributed by atoms with van der Waals surface area (Å²) in [7, 11) is 0. The standard InChI is InChI=1S/C25H28N2O2S/c1-3-28-20-12-8-17(9-13-20)16-19-6-5-7-22-23(26-25(30)27-24(19)22)18-10-14-21(15-11-18)29-4-2/h8-16,22-23H,3-7H2,1-2H3,(H,26,30)/b19-16-/t22-,23+/m0/s1. The van der Waals surface area contributed by atoms with Gasteiger partial charge < -0.3 is 14.8 Å². The number of nitrogens with zero attached hydrogens (tertiary/aromatic N) is 1. The monoisotopic (exact) mass is 420 g/mol. The maximum atomic E-state index is 5.60. The van der Waals surface area contributed by atoms with E-state index in [1.54, 1.807) is 0 Å². The second kappa shape index (κ2) is 9.43. The fourth-order valence-electron chi connectivity index (χ4n) is 4.30. The molecule has 1 saturated carbocycles. The van der Waals surface area contributed by atoms with Crippen LogP contribution >= 0.6 is 12.2 Å². The molecule has 156 valence electrons. The van der Waals surface area contributed by atoms with Crippen molar-refractivity contribution in [2.75, 3.05) is 13.2 Å². The van der Waals surface area contributed by atoms with Crippen LogP contribution < -0.4 is 14.8 Å². The summed E-state index contributed by atoms with van der Waals surface area (Å²) in [6.07, 6.45) is 5.53. The van der Waals surface area contributed by atoms with Crippen molar-refractivity contribution in [2.45, 2.75) is 39.2 Å². The largest absolute Gasteiger partial charge is 0.494 e. The molecule has 2 aliphatic rings. The van der Waals surface area contributed by atoms with Gasteiger partial charge in [0.15, 0.2) is 5.11 Å². The minimum Gasteiger partial charge on any atom is -0.494 e. The molecule has 0 radical (unpaired) electrons. The Morgan fingerprint density at radius 2 is 1.63 bits per heavy atom. The summed E-state index contributed by atoms with van der Waals surface area (Å²) in [6, 6.07) is 16.7. The molecule has 2 atom stereocenters. The summed E-state index contributed by atoms with van der Waals surface area (Å²) < 4.78 is 11.2. The van der Waals surface area contributed by atoms with E-state index in [0.29, 0.717) is 24.2 Å². The van der Waals surface area contributed by atoms with E-state index in [1.165, 1.54) is 16.7 Å². The molecule has 0 bridgehead atoms. The van der Waals surface area contributed by atoms with Gasteiger partial charge in [-0.2, -0.15) is 0 Å². The van der Waals surface area contributed by atoms with E-state index in [9.17, 15) is 0 Å². The molecule has 1 aliphatic carbocycles. The quantitative estimate of drug-likeness (QED) is 0.605. The molecule has 1 heterocycles. The van der Waals surface area contributed by atoms with Crippen LogP contribution in [0.4, 0.5) is 0 Å². The molecule has 1 N–H and O–H groups in total. The normalized spacial score (nSPS) is 22.1. The van der Waals surface area contributed by atoms with E-state index in [4.69, 9.17) is 26.7 Å². The third-order valence-corrected chi connectivity index (χ3v) is 5.84. The van der Waals surface area contributed by atoms with Crippen LogP contribution in [0.3, 0.4) is 0 Å². The molecule has 0 amide bonds. The summed E-state index contributed by atoms with van der Waals surface area (Å²) in [5.74, 6) is 2.11. The lowest BCUT2D eigenvalue weighted by Crippen LogP contribution is -2.42. The highest BCUT2D eigenvalue weighted by Crippen LogP contribution is 2.38. The zero-order valence-electron chi connectivity index (χ0n) is 17.6. The van der Waals surface area contributed by atoms with Gasteiger partial charge in [0.2, 0.25) is 0 Å². The van der Waals surface area contributed by atoms with Gasteiger partial charge in [-0.05, 0) is 92.4 Å². The fourth-order valence-corrected chi connectivity index (χ4v) is 4.52. The van der Waals surface area contributed by atoms with Crippen molar-refractivity contribution in [1.82, 2.24) is 5.32 Å². The summed E-state index contributed by atoms with van der Waals surface area (Å²) >= 11 is 5.52. The predicted octanol–water partition coefficient (Wildman–Crippen LogP) is 5.74. The molecule has 0 spiro atoms. The first kappa shape index (κ1) is 20.6. The summed E-state index contributed by atoms with van der Waals surface area (Å²) in [6.45, 7) is 5.34. The number of nitrogens with one attached hydrogen (secondary N) is 1. The number of rotatable bonds is 6. The first-order chi connectivity index (χ1) is 14.7. The van der Waals surface area contributed by atoms with Gasteiger partial charge in [-0.1, -0.05) is 24.3 Å². The van der Waals surface area contributed by atoms with Gasteiger partial charge in [0.25, 0.3) is 0 Å². The van der Waals surface area contributed by atoms with E-state index in [0.717, 1.165) is 36.5 Å². The SMILES string of the molecule is CCOc1ccc(/C=C2/CCC[C@@H]3C2=NC(=S)N[C@@H]3c2ccc(OCC)cc2)cc1. The zero-order valence-corrected chi connectivity index (χ0v) is 18.4. The number of aliphatic imine (C=N–C) groups is 1. The van der Waals surface area contributed by atoms with E-state index in [2.05, 4.69) is 35.7 Å². The Kier molecular flexibility index (Phi) is 6.48. The van der Waals surface area contributed by atoms with Gasteiger partial charge >= 0.3 is 0 Å². The Labute approximate surface area is 184 Å². The Hall–Kier alpha value is -2.66. The number of hydrogen-bond acceptors (Lipinski definition) is 3. The number of allylic oxidation sites excluding steroid dienone is 1. The maximum Gasteiger partial charge on any atom is 0.193 e. The molecule has 2 aromatic carbocycles. The van der Waals surface area contributed by atoms with E-state index >= 15 is 0 Å². The van der Waals surface area contributed by atoms with Crippen molar-refractivity contribution in [3.05, 3.63) is 65.2 Å². The highest BCUT2D eigenvalue weighted by Gasteiger charge is 2.36. The van der Waals surface area contributed by atoms with E-state index in [1.807, 2.05) is 38.1 Å². The number of thiocarbonyl (C=S) groups is 1. The molecule has 2 aromatic rings. The van der Waals surface area contributed by atoms with Crippen molar-refractivity contribution in [3.63, 3.8) is 0 Å². The molecule has 30 heavy (non-hydrogen) atoms. The van der Waals surface area contributed by atoms with Gasteiger partial charge in [0.05, 0.1) is 25.0 Å². The van der Waals surface area contributed by atoms with Crippen LogP contribution in [0.2, 0.25) is 0 Å². The third kappa shape index (κ3) is 4.57. The second-order valence-electron chi connectivity index (χ2n) is 7.60. The lowest BCUT2D eigenvalue weighted by molar-refractivity contribution is 0.340. The predicted molar refractivity (Wildman–Crippen MR) is 126 cm³/mol. The zero-order chi connectivity index (χ0) is 20.9. The number of ether oxygens (including phenoxy) is 2. The first-order valence-corrected chi connectivity index (χ1v) is 11.1. The molecule has 5 heteroatoms. The van der Waals surface area contributed by atoms with Crippen LogP contribution in [-0.4, -0.2) is 24.0 Å². The molecular formula is C25H28N2O2S. The van der Waals surface area contributed by atoms with Crippen molar-refractivity contribution in [1.29, 1.82) is 0 Å². The molecule has 0 unspecified atom stereocenters. The van der Waals surface area contributed by atoms with Crippen molar-refractivity contribution < 1.29 is 9.47 Å². The lowest BCUT2D eigenvalue weighted by atomic mass is 9.76. The number of hydrogen-bond donors (Lipinski definition) is 1. The lowest BCUT2D eigenvalue weighted by Gasteiger charge is -2.37. The minimum atomic E-state index is 0.143. The van der Waals surface area contributed by atoms with Crippen molar-refractivity contribution >= 4 is 29.1 Å². The Morgan fingerprint density at radius 1 is 1.00 bits per heavy atom. The van der Waals surface area contributed by atoms with Crippen molar-refractivity contribution in [3.8, 4) is 11.5 Å². The third-order valence-electron chi connectivity index (χ3n) is 5.63. The Morgan fingerprint density at radius 3 is 2.27 bits per heavy atom. The van der Waals surface area contributed by atoms with Crippen molar-refractivity contribution in [2.24, 2.45) is 10.9 Å². The van der Waals surface area contributed by atoms with Gasteiger partial charge in [0.1, 0.15) is 11.5 Å². The Balaban J connectivity index is 1.60. The second-order valence-corrected chi connectivity index (χ2v) is 7.98. The summed E-state index contributed by atoms with van der Waals surface area (Å²) in [4.78, 5) is 4.77. The highest BCUT2D eigenvalue weighted by molar-refractivity contribution is 7.80. The molecule has 0 aromatic heterocycles. The molecule has 1 aliphatic heterocycles. The molecule has 0 saturated heterocycles.